The molecule has 0 bridgehead atoms. The molecule has 0 aliphatic carbocycles. The van der Waals surface area contributed by atoms with Gasteiger partial charge in [0.1, 0.15) is 5.78 Å². The minimum atomic E-state index is -1.17. The molecule has 1 aliphatic heterocycles. The summed E-state index contributed by atoms with van der Waals surface area (Å²) in [6.07, 6.45) is -1.01. The van der Waals surface area contributed by atoms with Gasteiger partial charge in [-0.1, -0.05) is 6.07 Å². The fourth-order valence-electron chi connectivity index (χ4n) is 2.08. The Balaban J connectivity index is 2.34. The third-order valence-corrected chi connectivity index (χ3v) is 3.00. The topological polar surface area (TPSA) is 57.6 Å². The molecule has 1 atom stereocenters. The van der Waals surface area contributed by atoms with E-state index in [1.807, 2.05) is 0 Å². The van der Waals surface area contributed by atoms with Gasteiger partial charge in [-0.2, -0.15) is 0 Å². The lowest BCUT2D eigenvalue weighted by molar-refractivity contribution is -0.122. The first-order chi connectivity index (χ1) is 8.49. The second-order valence-electron chi connectivity index (χ2n) is 4.16. The highest BCUT2D eigenvalue weighted by atomic mass is 19.2. The molecule has 1 aromatic rings. The lowest BCUT2D eigenvalue weighted by Crippen LogP contribution is -2.40. The predicted molar refractivity (Wildman–Crippen MR) is 58.1 cm³/mol. The quantitative estimate of drug-likeness (QED) is 0.838. The second kappa shape index (κ2) is 4.72. The third kappa shape index (κ3) is 2.32. The van der Waals surface area contributed by atoms with Crippen LogP contribution >= 0.6 is 0 Å². The van der Waals surface area contributed by atoms with Crippen molar-refractivity contribution in [3.63, 3.8) is 0 Å². The van der Waals surface area contributed by atoms with Gasteiger partial charge in [-0.05, 0) is 17.7 Å². The number of halogens is 2. The molecular formula is C12H11F2NO3. The number of ketones is 1. The Morgan fingerprint density at radius 3 is 2.67 bits per heavy atom. The maximum Gasteiger partial charge on any atom is 0.407 e. The van der Waals surface area contributed by atoms with Crippen molar-refractivity contribution in [1.82, 2.24) is 4.90 Å². The smallest absolute Gasteiger partial charge is 0.407 e. The van der Waals surface area contributed by atoms with Crippen molar-refractivity contribution in [2.24, 2.45) is 0 Å². The number of piperidine rings is 1. The number of carboxylic acid groups (broad SMARTS) is 1. The lowest BCUT2D eigenvalue weighted by atomic mass is 9.94. The zero-order chi connectivity index (χ0) is 13.3. The molecule has 1 fully saturated rings. The number of carbonyl (C=O) groups is 2. The van der Waals surface area contributed by atoms with Crippen molar-refractivity contribution >= 4 is 11.9 Å². The molecule has 1 N–H and O–H groups in total. The first kappa shape index (κ1) is 12.5. The number of nitrogens with zero attached hydrogens (tertiary/aromatic N) is 1. The van der Waals surface area contributed by atoms with E-state index in [4.69, 9.17) is 5.11 Å². The molecule has 0 aromatic heterocycles. The van der Waals surface area contributed by atoms with Crippen LogP contribution in [0.15, 0.2) is 18.2 Å². The Kier molecular flexibility index (Phi) is 3.27. The fourth-order valence-corrected chi connectivity index (χ4v) is 2.08. The fraction of sp³-hybridized carbons (Fsp3) is 0.333. The van der Waals surface area contributed by atoms with Gasteiger partial charge in [-0.3, -0.25) is 4.79 Å². The Morgan fingerprint density at radius 1 is 1.33 bits per heavy atom. The molecule has 18 heavy (non-hydrogen) atoms. The van der Waals surface area contributed by atoms with Crippen molar-refractivity contribution in [3.05, 3.63) is 35.4 Å². The molecule has 1 unspecified atom stereocenters. The van der Waals surface area contributed by atoms with Crippen molar-refractivity contribution in [1.29, 1.82) is 0 Å². The highest BCUT2D eigenvalue weighted by molar-refractivity contribution is 5.82. The molecule has 2 rings (SSSR count). The number of rotatable bonds is 1. The zero-order valence-electron chi connectivity index (χ0n) is 9.40. The van der Waals surface area contributed by atoms with Crippen molar-refractivity contribution in [2.45, 2.75) is 18.9 Å². The van der Waals surface area contributed by atoms with E-state index in [0.29, 0.717) is 5.56 Å². The van der Waals surface area contributed by atoms with Gasteiger partial charge in [0.2, 0.25) is 0 Å². The van der Waals surface area contributed by atoms with Crippen molar-refractivity contribution in [3.8, 4) is 0 Å². The third-order valence-electron chi connectivity index (χ3n) is 3.00. The number of Topliss-reactive ketones (excluding diaryl/α,β-unsaturated/α-hetero) is 1. The van der Waals surface area contributed by atoms with Crippen LogP contribution in [-0.2, 0) is 4.79 Å². The number of likely N-dealkylation sites (tertiary alicyclic amines) is 1. The minimum absolute atomic E-state index is 0.00261. The van der Waals surface area contributed by atoms with Crippen molar-refractivity contribution in [2.75, 3.05) is 6.54 Å². The summed E-state index contributed by atoms with van der Waals surface area (Å²) in [6.45, 7) is 0.0812. The Morgan fingerprint density at radius 2 is 2.06 bits per heavy atom. The average Bonchev–Trinajstić information content (AvgIpc) is 2.32. The van der Waals surface area contributed by atoms with E-state index in [-0.39, 0.29) is 25.2 Å². The lowest BCUT2D eigenvalue weighted by Gasteiger charge is -2.33. The number of hydrogen-bond donors (Lipinski definition) is 1. The summed E-state index contributed by atoms with van der Waals surface area (Å²) < 4.78 is 26.0. The van der Waals surface area contributed by atoms with Gasteiger partial charge in [0.05, 0.1) is 6.04 Å². The van der Waals surface area contributed by atoms with Crippen LogP contribution in [0, 0.1) is 11.6 Å². The molecule has 1 amide bonds. The zero-order valence-corrected chi connectivity index (χ0v) is 9.40. The monoisotopic (exact) mass is 255 g/mol. The molecule has 0 saturated carbocycles. The van der Waals surface area contributed by atoms with E-state index < -0.39 is 23.8 Å². The Hall–Kier alpha value is -1.98. The molecule has 1 aliphatic rings. The van der Waals surface area contributed by atoms with Crippen LogP contribution in [0.25, 0.3) is 0 Å². The average molecular weight is 255 g/mol. The standard InChI is InChI=1S/C12H11F2NO3/c13-9-2-1-7(5-10(9)14)11-6-8(16)3-4-15(11)12(17)18/h1-2,5,11H,3-4,6H2,(H,17,18). The van der Waals surface area contributed by atoms with Gasteiger partial charge in [0, 0.05) is 19.4 Å². The summed E-state index contributed by atoms with van der Waals surface area (Å²) in [7, 11) is 0. The van der Waals surface area contributed by atoms with Gasteiger partial charge >= 0.3 is 6.09 Å². The van der Waals surface area contributed by atoms with E-state index in [1.165, 1.54) is 6.07 Å². The van der Waals surface area contributed by atoms with Crippen LogP contribution in [0.5, 0.6) is 0 Å². The molecule has 6 heteroatoms. The van der Waals surface area contributed by atoms with E-state index in [9.17, 15) is 18.4 Å². The van der Waals surface area contributed by atoms with Crippen LogP contribution < -0.4 is 0 Å². The number of hydrogen-bond acceptors (Lipinski definition) is 2. The van der Waals surface area contributed by atoms with Gasteiger partial charge < -0.3 is 10.0 Å². The maximum atomic E-state index is 13.1. The summed E-state index contributed by atoms with van der Waals surface area (Å²) in [5.74, 6) is -2.12. The summed E-state index contributed by atoms with van der Waals surface area (Å²) in [5.41, 5.74) is 0.296. The van der Waals surface area contributed by atoms with Crippen LogP contribution in [-0.4, -0.2) is 28.4 Å². The minimum Gasteiger partial charge on any atom is -0.465 e. The van der Waals surface area contributed by atoms with E-state index in [2.05, 4.69) is 0 Å². The largest absolute Gasteiger partial charge is 0.465 e. The van der Waals surface area contributed by atoms with Crippen LogP contribution in [0.1, 0.15) is 24.4 Å². The number of carbonyl (C=O) groups excluding carboxylic acids is 1. The molecule has 4 nitrogen and oxygen atoms in total. The predicted octanol–water partition coefficient (Wildman–Crippen LogP) is 2.35. The molecule has 1 aromatic carbocycles. The molecular weight excluding hydrogens is 244 g/mol. The summed E-state index contributed by atoms with van der Waals surface area (Å²) in [4.78, 5) is 23.5. The van der Waals surface area contributed by atoms with Gasteiger partial charge in [0.15, 0.2) is 11.6 Å². The first-order valence-corrected chi connectivity index (χ1v) is 5.45. The second-order valence-corrected chi connectivity index (χ2v) is 4.16. The van der Waals surface area contributed by atoms with E-state index in [1.54, 1.807) is 0 Å². The van der Waals surface area contributed by atoms with Gasteiger partial charge in [0.25, 0.3) is 0 Å². The van der Waals surface area contributed by atoms with Gasteiger partial charge in [-0.15, -0.1) is 0 Å². The van der Waals surface area contributed by atoms with E-state index >= 15 is 0 Å². The highest BCUT2D eigenvalue weighted by Gasteiger charge is 2.31. The molecule has 0 spiro atoms. The first-order valence-electron chi connectivity index (χ1n) is 5.45. The SMILES string of the molecule is O=C1CCN(C(=O)O)C(c2ccc(F)c(F)c2)C1. The van der Waals surface area contributed by atoms with Gasteiger partial charge in [-0.25, -0.2) is 13.6 Å². The molecule has 1 heterocycles. The highest BCUT2D eigenvalue weighted by Crippen LogP contribution is 2.30. The molecule has 0 radical (unpaired) electrons. The number of amides is 1. The Labute approximate surface area is 102 Å². The van der Waals surface area contributed by atoms with Crippen LogP contribution in [0.4, 0.5) is 13.6 Å². The maximum absolute atomic E-state index is 13.1. The molecule has 96 valence electrons. The normalized spacial score (nSPS) is 20.0. The molecule has 1 saturated heterocycles. The summed E-state index contributed by atoms with van der Waals surface area (Å²) >= 11 is 0. The van der Waals surface area contributed by atoms with E-state index in [0.717, 1.165) is 17.0 Å². The van der Waals surface area contributed by atoms with Crippen molar-refractivity contribution < 1.29 is 23.5 Å². The van der Waals surface area contributed by atoms with Crippen LogP contribution in [0.3, 0.4) is 0 Å². The number of benzene rings is 1. The summed E-state index contributed by atoms with van der Waals surface area (Å²) in [6, 6.07) is 2.44. The van der Waals surface area contributed by atoms with Crippen LogP contribution in [0.2, 0.25) is 0 Å². The Bertz CT molecular complexity index is 504. The summed E-state index contributed by atoms with van der Waals surface area (Å²) in [5, 5.41) is 9.03.